The summed E-state index contributed by atoms with van der Waals surface area (Å²) in [6, 6.07) is 16.0. The molecule has 2 aromatic rings. The number of benzene rings is 2. The first-order chi connectivity index (χ1) is 15.6. The van der Waals surface area contributed by atoms with E-state index in [4.69, 9.17) is 10.5 Å². The molecule has 7 heteroatoms. The van der Waals surface area contributed by atoms with E-state index in [-0.39, 0.29) is 11.9 Å². The zero-order valence-corrected chi connectivity index (χ0v) is 19.2. The molecule has 1 saturated carbocycles. The average Bonchev–Trinajstić information content (AvgIpc) is 3.53. The highest BCUT2D eigenvalue weighted by Gasteiger charge is 2.33. The van der Waals surface area contributed by atoms with E-state index in [9.17, 15) is 4.79 Å². The van der Waals surface area contributed by atoms with Crippen LogP contribution in [-0.2, 0) is 10.7 Å². The summed E-state index contributed by atoms with van der Waals surface area (Å²) in [6.07, 6.45) is 4.53. The van der Waals surface area contributed by atoms with Crippen LogP contribution in [0.1, 0.15) is 47.6 Å². The van der Waals surface area contributed by atoms with Crippen LogP contribution >= 0.6 is 0 Å². The Hall–Kier alpha value is -2.67. The van der Waals surface area contributed by atoms with Crippen molar-refractivity contribution in [3.63, 3.8) is 0 Å². The largest absolute Gasteiger partial charge is 0.387 e. The van der Waals surface area contributed by atoms with Crippen LogP contribution in [0.4, 0.5) is 11.4 Å². The first kappa shape index (κ1) is 21.2. The van der Waals surface area contributed by atoms with Crippen LogP contribution in [0.5, 0.6) is 0 Å². The maximum Gasteiger partial charge on any atom is 0.256 e. The number of anilines is 1. The zero-order chi connectivity index (χ0) is 22.1. The molecule has 2 unspecified atom stereocenters. The Balaban J connectivity index is 1.50. The molecular formula is C25H31N5OS. The highest BCUT2D eigenvalue weighted by molar-refractivity contribution is 7.86. The third-order valence-corrected chi connectivity index (χ3v) is 8.06. The van der Waals surface area contributed by atoms with Crippen LogP contribution in [-0.4, -0.2) is 47.8 Å². The highest BCUT2D eigenvalue weighted by Crippen LogP contribution is 2.35. The van der Waals surface area contributed by atoms with Crippen molar-refractivity contribution in [3.8, 4) is 0 Å². The van der Waals surface area contributed by atoms with E-state index >= 15 is 0 Å². The van der Waals surface area contributed by atoms with Crippen molar-refractivity contribution in [3.05, 3.63) is 59.7 Å². The molecule has 2 aliphatic heterocycles. The summed E-state index contributed by atoms with van der Waals surface area (Å²) in [4.78, 5) is 22.9. The van der Waals surface area contributed by atoms with Crippen LogP contribution in [0, 0.1) is 10.7 Å². The van der Waals surface area contributed by atoms with Crippen molar-refractivity contribution in [1.29, 1.82) is 4.78 Å². The van der Waals surface area contributed by atoms with Crippen LogP contribution in [0.3, 0.4) is 0 Å². The van der Waals surface area contributed by atoms with E-state index in [1.165, 1.54) is 0 Å². The molecule has 3 N–H and O–H groups in total. The number of amidine groups is 1. The Kier molecular flexibility index (Phi) is 6.00. The summed E-state index contributed by atoms with van der Waals surface area (Å²) in [6.45, 7) is 2.55. The fourth-order valence-corrected chi connectivity index (χ4v) is 6.02. The summed E-state index contributed by atoms with van der Waals surface area (Å²) in [5.74, 6) is 2.64. The van der Waals surface area contributed by atoms with Gasteiger partial charge in [-0.3, -0.25) is 9.57 Å². The van der Waals surface area contributed by atoms with Crippen molar-refractivity contribution in [2.24, 2.45) is 16.6 Å². The van der Waals surface area contributed by atoms with Crippen molar-refractivity contribution in [2.45, 2.75) is 31.7 Å². The van der Waals surface area contributed by atoms with E-state index < -0.39 is 10.7 Å². The van der Waals surface area contributed by atoms with Gasteiger partial charge < -0.3 is 15.5 Å². The van der Waals surface area contributed by atoms with Crippen molar-refractivity contribution in [2.75, 3.05) is 36.0 Å². The van der Waals surface area contributed by atoms with Crippen LogP contribution < -0.4 is 10.6 Å². The molecule has 3 fully saturated rings. The van der Waals surface area contributed by atoms with E-state index in [0.717, 1.165) is 67.0 Å². The number of hydrogen-bond donors (Lipinski definition) is 2. The van der Waals surface area contributed by atoms with Gasteiger partial charge in [-0.1, -0.05) is 30.3 Å². The van der Waals surface area contributed by atoms with Gasteiger partial charge in [0, 0.05) is 37.1 Å². The zero-order valence-electron chi connectivity index (χ0n) is 18.4. The fraction of sp³-hybridized carbons (Fsp3) is 0.440. The maximum absolute atomic E-state index is 13.9. The Labute approximate surface area is 192 Å². The fourth-order valence-electron chi connectivity index (χ4n) is 4.69. The number of hydrogen-bond acceptors (Lipinski definition) is 4. The van der Waals surface area contributed by atoms with Gasteiger partial charge >= 0.3 is 0 Å². The van der Waals surface area contributed by atoms with E-state index in [2.05, 4.69) is 22.0 Å². The smallest absolute Gasteiger partial charge is 0.256 e. The third-order valence-electron chi connectivity index (χ3n) is 6.67. The van der Waals surface area contributed by atoms with Gasteiger partial charge in [0.25, 0.3) is 5.91 Å². The van der Waals surface area contributed by atoms with Gasteiger partial charge in [-0.05, 0) is 49.4 Å². The predicted molar refractivity (Wildman–Crippen MR) is 132 cm³/mol. The van der Waals surface area contributed by atoms with E-state index in [1.54, 1.807) is 0 Å². The SMILES string of the molecule is N=S1CCN(C(=O)c2ccc(N=C(N)C3CC3)cc2N2CCCC2)C(c2ccccc2)C1. The molecule has 2 saturated heterocycles. The van der Waals surface area contributed by atoms with Gasteiger partial charge in [0.15, 0.2) is 0 Å². The van der Waals surface area contributed by atoms with Crippen molar-refractivity contribution < 1.29 is 4.79 Å². The molecule has 0 bridgehead atoms. The second kappa shape index (κ2) is 9.06. The normalized spacial score (nSPS) is 24.1. The number of nitrogens with two attached hydrogens (primary N) is 1. The topological polar surface area (TPSA) is 85.8 Å². The molecule has 0 aromatic heterocycles. The van der Waals surface area contributed by atoms with Gasteiger partial charge in [0.2, 0.25) is 0 Å². The first-order valence-electron chi connectivity index (χ1n) is 11.6. The second-order valence-corrected chi connectivity index (χ2v) is 10.7. The molecule has 6 nitrogen and oxygen atoms in total. The van der Waals surface area contributed by atoms with E-state index in [0.29, 0.717) is 24.1 Å². The van der Waals surface area contributed by atoms with Gasteiger partial charge in [-0.25, -0.2) is 4.99 Å². The number of amides is 1. The predicted octanol–water partition coefficient (Wildman–Crippen LogP) is 4.26. The minimum atomic E-state index is -0.417. The molecule has 0 radical (unpaired) electrons. The van der Waals surface area contributed by atoms with Gasteiger partial charge in [-0.2, -0.15) is 0 Å². The standard InChI is InChI=1S/C25H31N5OS/c26-24(19-8-9-19)28-20-10-11-21(22(16-20)29-12-4-5-13-29)25(31)30-14-15-32(27)17-23(30)18-6-2-1-3-7-18/h1-3,6-7,10-11,16,19,23,27H,4-5,8-9,12-15,17H2,(H2,26,28). The summed E-state index contributed by atoms with van der Waals surface area (Å²) in [5.41, 5.74) is 9.83. The average molecular weight is 450 g/mol. The Morgan fingerprint density at radius 2 is 1.81 bits per heavy atom. The molecule has 3 aliphatic rings. The lowest BCUT2D eigenvalue weighted by atomic mass is 10.0. The minimum absolute atomic E-state index is 0.0482. The number of aliphatic imine (C=N–C) groups is 1. The molecular weight excluding hydrogens is 418 g/mol. The number of rotatable bonds is 5. The molecule has 32 heavy (non-hydrogen) atoms. The van der Waals surface area contributed by atoms with Gasteiger partial charge in [-0.15, -0.1) is 10.7 Å². The lowest BCUT2D eigenvalue weighted by Gasteiger charge is -2.37. The maximum atomic E-state index is 13.9. The number of nitrogens with one attached hydrogen (secondary N) is 1. The lowest BCUT2D eigenvalue weighted by molar-refractivity contribution is 0.0701. The number of carbonyl (C=O) groups excluding carboxylic acids is 1. The molecule has 1 aliphatic carbocycles. The third kappa shape index (κ3) is 4.44. The van der Waals surface area contributed by atoms with Crippen LogP contribution in [0.25, 0.3) is 0 Å². The Morgan fingerprint density at radius 1 is 1.06 bits per heavy atom. The Bertz CT molecular complexity index is 1040. The van der Waals surface area contributed by atoms with Gasteiger partial charge in [0.05, 0.1) is 23.0 Å². The number of nitrogens with zero attached hydrogens (tertiary/aromatic N) is 3. The Morgan fingerprint density at radius 3 is 2.53 bits per heavy atom. The molecule has 2 heterocycles. The summed E-state index contributed by atoms with van der Waals surface area (Å²) in [7, 11) is -0.417. The minimum Gasteiger partial charge on any atom is -0.387 e. The monoisotopic (exact) mass is 449 g/mol. The quantitative estimate of drug-likeness (QED) is 0.528. The van der Waals surface area contributed by atoms with E-state index in [1.807, 2.05) is 41.3 Å². The van der Waals surface area contributed by atoms with Crippen molar-refractivity contribution >= 4 is 33.8 Å². The van der Waals surface area contributed by atoms with Gasteiger partial charge in [0.1, 0.15) is 5.84 Å². The molecule has 168 valence electrons. The number of carbonyl (C=O) groups is 1. The van der Waals surface area contributed by atoms with Crippen molar-refractivity contribution in [1.82, 2.24) is 4.90 Å². The first-order valence-corrected chi connectivity index (χ1v) is 13.1. The lowest BCUT2D eigenvalue weighted by Crippen LogP contribution is -2.44. The van der Waals surface area contributed by atoms with Crippen LogP contribution in [0.15, 0.2) is 53.5 Å². The summed E-state index contributed by atoms with van der Waals surface area (Å²) < 4.78 is 8.35. The summed E-state index contributed by atoms with van der Waals surface area (Å²) in [5, 5.41) is 0. The van der Waals surface area contributed by atoms with Crippen LogP contribution in [0.2, 0.25) is 0 Å². The molecule has 2 aromatic carbocycles. The summed E-state index contributed by atoms with van der Waals surface area (Å²) >= 11 is 0. The molecule has 2 atom stereocenters. The second-order valence-electron chi connectivity index (χ2n) is 9.00. The highest BCUT2D eigenvalue weighted by atomic mass is 32.2. The molecule has 5 rings (SSSR count). The molecule has 0 spiro atoms. The molecule has 1 amide bonds.